The van der Waals surface area contributed by atoms with E-state index in [9.17, 15) is 0 Å². The highest BCUT2D eigenvalue weighted by molar-refractivity contribution is 6.69. The minimum Gasteiger partial charge on any atom is -0.408 e. The molecular formula is C20H34O3Si. The Hall–Kier alpha value is -0.423. The van der Waals surface area contributed by atoms with Crippen LogP contribution in [0, 0.1) is 11.3 Å². The van der Waals surface area contributed by atoms with Gasteiger partial charge in [0.15, 0.2) is 14.1 Å². The summed E-state index contributed by atoms with van der Waals surface area (Å²) in [5, 5.41) is 0. The summed E-state index contributed by atoms with van der Waals surface area (Å²) < 4.78 is 19.4. The van der Waals surface area contributed by atoms with Crippen molar-refractivity contribution in [2.45, 2.75) is 77.0 Å². The van der Waals surface area contributed by atoms with Crippen LogP contribution in [0.1, 0.15) is 46.0 Å². The van der Waals surface area contributed by atoms with E-state index in [2.05, 4.69) is 46.6 Å². The number of ether oxygens (including phenoxy) is 2. The first-order valence-electron chi connectivity index (χ1n) is 9.33. The van der Waals surface area contributed by atoms with Crippen molar-refractivity contribution in [2.75, 3.05) is 13.2 Å². The molecule has 1 aliphatic heterocycles. The SMILES string of the molecule is C=C1C[C@H]2CCC3(CC[C@]2(O[Si](C)(C)C)C1=C)OCC(C)(C)CO3. The number of hydrogen-bond acceptors (Lipinski definition) is 3. The van der Waals surface area contributed by atoms with Gasteiger partial charge in [0.05, 0.1) is 18.8 Å². The van der Waals surface area contributed by atoms with Crippen LogP contribution >= 0.6 is 0 Å². The van der Waals surface area contributed by atoms with Crippen molar-refractivity contribution in [2.24, 2.45) is 11.3 Å². The molecule has 136 valence electrons. The van der Waals surface area contributed by atoms with E-state index in [1.54, 1.807) is 0 Å². The molecule has 2 atom stereocenters. The van der Waals surface area contributed by atoms with Crippen LogP contribution in [0.15, 0.2) is 24.3 Å². The zero-order valence-electron chi connectivity index (χ0n) is 16.2. The lowest BCUT2D eigenvalue weighted by Gasteiger charge is -2.44. The van der Waals surface area contributed by atoms with Gasteiger partial charge in [0, 0.05) is 18.3 Å². The van der Waals surface area contributed by atoms with E-state index in [4.69, 9.17) is 13.9 Å². The maximum atomic E-state index is 6.80. The van der Waals surface area contributed by atoms with Gasteiger partial charge in [0.1, 0.15) is 0 Å². The Morgan fingerprint density at radius 3 is 2.25 bits per heavy atom. The lowest BCUT2D eigenvalue weighted by molar-refractivity contribution is -0.304. The fourth-order valence-corrected chi connectivity index (χ4v) is 5.97. The first-order chi connectivity index (χ1) is 11.0. The van der Waals surface area contributed by atoms with Gasteiger partial charge < -0.3 is 13.9 Å². The molecule has 1 saturated heterocycles. The zero-order chi connectivity index (χ0) is 17.8. The summed E-state index contributed by atoms with van der Waals surface area (Å²) in [6, 6.07) is 0. The first kappa shape index (κ1) is 18.4. The van der Waals surface area contributed by atoms with Crippen LogP contribution in [0.25, 0.3) is 0 Å². The third kappa shape index (κ3) is 3.30. The van der Waals surface area contributed by atoms with Crippen LogP contribution in [-0.2, 0) is 13.9 Å². The van der Waals surface area contributed by atoms with E-state index in [0.29, 0.717) is 5.92 Å². The molecule has 3 nitrogen and oxygen atoms in total. The van der Waals surface area contributed by atoms with Gasteiger partial charge in [-0.3, -0.25) is 0 Å². The standard InChI is InChI=1S/C20H34O3Si/c1-15-12-17-8-9-19(21-13-18(3,4)14-22-19)10-11-20(17,16(15)2)23-24(5,6)7/h17H,1-2,8-14H2,3-7H3/t17-,20+/m1/s1. The van der Waals surface area contributed by atoms with Crippen LogP contribution in [0.2, 0.25) is 19.6 Å². The van der Waals surface area contributed by atoms with Crippen molar-refractivity contribution in [1.29, 1.82) is 0 Å². The average Bonchev–Trinajstić information content (AvgIpc) is 2.61. The Morgan fingerprint density at radius 1 is 1.04 bits per heavy atom. The molecule has 2 aliphatic carbocycles. The predicted molar refractivity (Wildman–Crippen MR) is 100 cm³/mol. The molecule has 0 aromatic heterocycles. The first-order valence-corrected chi connectivity index (χ1v) is 12.7. The fraction of sp³-hybridized carbons (Fsp3) is 0.800. The van der Waals surface area contributed by atoms with Gasteiger partial charge >= 0.3 is 0 Å². The van der Waals surface area contributed by atoms with Crippen molar-refractivity contribution in [3.63, 3.8) is 0 Å². The molecule has 0 aromatic rings. The molecule has 2 saturated carbocycles. The summed E-state index contributed by atoms with van der Waals surface area (Å²) in [5.74, 6) is 0.0443. The molecule has 0 N–H and O–H groups in total. The molecule has 1 heterocycles. The van der Waals surface area contributed by atoms with Crippen LogP contribution in [0.3, 0.4) is 0 Å². The van der Waals surface area contributed by atoms with Crippen molar-refractivity contribution in [3.05, 3.63) is 24.3 Å². The van der Waals surface area contributed by atoms with Crippen molar-refractivity contribution in [1.82, 2.24) is 0 Å². The Kier molecular flexibility index (Phi) is 4.44. The lowest BCUT2D eigenvalue weighted by Crippen LogP contribution is -2.48. The molecule has 0 unspecified atom stereocenters. The Labute approximate surface area is 148 Å². The van der Waals surface area contributed by atoms with Gasteiger partial charge in [-0.05, 0) is 56.0 Å². The highest BCUT2D eigenvalue weighted by atomic mass is 28.4. The molecule has 0 amide bonds. The highest BCUT2D eigenvalue weighted by Gasteiger charge is 2.55. The van der Waals surface area contributed by atoms with Gasteiger partial charge in [-0.1, -0.05) is 27.0 Å². The molecule has 0 aromatic carbocycles. The summed E-state index contributed by atoms with van der Waals surface area (Å²) in [6.07, 6.45) is 4.83. The van der Waals surface area contributed by atoms with E-state index in [1.807, 2.05) is 0 Å². The third-order valence-corrected chi connectivity index (χ3v) is 6.76. The highest BCUT2D eigenvalue weighted by Crippen LogP contribution is 2.55. The Bertz CT molecular complexity index is 536. The zero-order valence-corrected chi connectivity index (χ0v) is 17.2. The molecule has 3 aliphatic rings. The predicted octanol–water partition coefficient (Wildman–Crippen LogP) is 5.05. The molecule has 0 bridgehead atoms. The molecule has 4 heteroatoms. The second kappa shape index (κ2) is 5.80. The normalized spacial score (nSPS) is 35.8. The molecule has 1 spiro atoms. The van der Waals surface area contributed by atoms with Crippen molar-refractivity contribution < 1.29 is 13.9 Å². The van der Waals surface area contributed by atoms with Gasteiger partial charge in [0.25, 0.3) is 0 Å². The van der Waals surface area contributed by atoms with E-state index in [0.717, 1.165) is 50.9 Å². The maximum absolute atomic E-state index is 6.80. The van der Waals surface area contributed by atoms with Crippen LogP contribution < -0.4 is 0 Å². The second-order valence-corrected chi connectivity index (χ2v) is 14.2. The van der Waals surface area contributed by atoms with Crippen molar-refractivity contribution in [3.8, 4) is 0 Å². The Balaban J connectivity index is 1.84. The smallest absolute Gasteiger partial charge is 0.184 e. The number of fused-ring (bicyclic) bond motifs is 1. The summed E-state index contributed by atoms with van der Waals surface area (Å²) in [4.78, 5) is 0. The molecule has 0 radical (unpaired) electrons. The minimum atomic E-state index is -1.70. The van der Waals surface area contributed by atoms with E-state index >= 15 is 0 Å². The lowest BCUT2D eigenvalue weighted by atomic mass is 9.84. The van der Waals surface area contributed by atoms with Crippen LogP contribution in [0.4, 0.5) is 0 Å². The quantitative estimate of drug-likeness (QED) is 0.652. The third-order valence-electron chi connectivity index (χ3n) is 5.78. The van der Waals surface area contributed by atoms with Gasteiger partial charge in [-0.25, -0.2) is 0 Å². The van der Waals surface area contributed by atoms with Crippen LogP contribution in [-0.4, -0.2) is 32.9 Å². The van der Waals surface area contributed by atoms with Gasteiger partial charge in [0.2, 0.25) is 0 Å². The van der Waals surface area contributed by atoms with E-state index < -0.39 is 14.1 Å². The van der Waals surface area contributed by atoms with Gasteiger partial charge in [-0.15, -0.1) is 0 Å². The summed E-state index contributed by atoms with van der Waals surface area (Å²) in [7, 11) is -1.70. The summed E-state index contributed by atoms with van der Waals surface area (Å²) in [6.45, 7) is 21.4. The minimum absolute atomic E-state index is 0.109. The average molecular weight is 351 g/mol. The molecule has 24 heavy (non-hydrogen) atoms. The topological polar surface area (TPSA) is 27.7 Å². The number of hydrogen-bond donors (Lipinski definition) is 0. The van der Waals surface area contributed by atoms with Gasteiger partial charge in [-0.2, -0.15) is 0 Å². The van der Waals surface area contributed by atoms with Crippen molar-refractivity contribution >= 4 is 8.32 Å². The molecule has 3 fully saturated rings. The second-order valence-electron chi connectivity index (χ2n) is 9.78. The monoisotopic (exact) mass is 350 g/mol. The maximum Gasteiger partial charge on any atom is 0.184 e. The summed E-state index contributed by atoms with van der Waals surface area (Å²) >= 11 is 0. The summed E-state index contributed by atoms with van der Waals surface area (Å²) in [5.41, 5.74) is 2.17. The number of rotatable bonds is 2. The Morgan fingerprint density at radius 2 is 1.67 bits per heavy atom. The molecular weight excluding hydrogens is 316 g/mol. The largest absolute Gasteiger partial charge is 0.408 e. The fourth-order valence-electron chi connectivity index (χ4n) is 4.48. The van der Waals surface area contributed by atoms with E-state index in [1.165, 1.54) is 5.57 Å². The molecule has 3 rings (SSSR count). The van der Waals surface area contributed by atoms with E-state index in [-0.39, 0.29) is 11.0 Å². The van der Waals surface area contributed by atoms with Crippen LogP contribution in [0.5, 0.6) is 0 Å².